The van der Waals surface area contributed by atoms with Crippen LogP contribution in [0.25, 0.3) is 0 Å². The lowest BCUT2D eigenvalue weighted by molar-refractivity contribution is -0.137. The Hall–Kier alpha value is -1.63. The second kappa shape index (κ2) is 5.81. The first-order chi connectivity index (χ1) is 8.65. The fourth-order valence-electron chi connectivity index (χ4n) is 1.74. The van der Waals surface area contributed by atoms with E-state index >= 15 is 0 Å². The van der Waals surface area contributed by atoms with E-state index < -0.39 is 5.97 Å². The highest BCUT2D eigenvalue weighted by atomic mass is 32.1. The number of thiazole rings is 1. The van der Waals surface area contributed by atoms with E-state index in [1.807, 2.05) is 0 Å². The normalized spacial score (nSPS) is 16.0. The molecule has 0 bridgehead atoms. The lowest BCUT2D eigenvalue weighted by Crippen LogP contribution is -2.43. The maximum Gasteiger partial charge on any atom is 0.315 e. The van der Waals surface area contributed by atoms with Crippen LogP contribution < -0.4 is 10.6 Å². The van der Waals surface area contributed by atoms with Crippen molar-refractivity contribution < 1.29 is 14.7 Å². The van der Waals surface area contributed by atoms with E-state index in [4.69, 9.17) is 5.11 Å². The summed E-state index contributed by atoms with van der Waals surface area (Å²) in [7, 11) is 0. The Morgan fingerprint density at radius 2 is 2.33 bits per heavy atom. The van der Waals surface area contributed by atoms with Gasteiger partial charge in [0, 0.05) is 17.1 Å². The SMILES string of the molecule is O=C(O)CC(NC(=O)NCc1cncs1)C1CC1. The van der Waals surface area contributed by atoms with Crippen LogP contribution in [0.15, 0.2) is 11.7 Å². The first-order valence-electron chi connectivity index (χ1n) is 5.78. The molecule has 0 aromatic carbocycles. The zero-order valence-electron chi connectivity index (χ0n) is 9.76. The number of urea groups is 1. The number of rotatable bonds is 6. The summed E-state index contributed by atoms with van der Waals surface area (Å²) in [6.07, 6.45) is 3.67. The van der Waals surface area contributed by atoms with Crippen molar-refractivity contribution >= 4 is 23.3 Å². The molecule has 2 rings (SSSR count). The summed E-state index contributed by atoms with van der Waals surface area (Å²) in [5.74, 6) is -0.565. The number of carbonyl (C=O) groups is 2. The number of nitrogens with zero attached hydrogens (tertiary/aromatic N) is 1. The smallest absolute Gasteiger partial charge is 0.315 e. The molecule has 1 unspecified atom stereocenters. The zero-order chi connectivity index (χ0) is 13.0. The minimum atomic E-state index is -0.880. The van der Waals surface area contributed by atoms with Crippen LogP contribution in [-0.4, -0.2) is 28.1 Å². The van der Waals surface area contributed by atoms with Crippen molar-refractivity contribution in [3.8, 4) is 0 Å². The quantitative estimate of drug-likeness (QED) is 0.723. The molecular formula is C11H15N3O3S. The molecule has 6 nitrogen and oxygen atoms in total. The average Bonchev–Trinajstić information content (AvgIpc) is 3.02. The summed E-state index contributed by atoms with van der Waals surface area (Å²) in [6.45, 7) is 0.418. The zero-order valence-corrected chi connectivity index (χ0v) is 10.6. The number of aliphatic carboxylic acids is 1. The Bertz CT molecular complexity index is 417. The van der Waals surface area contributed by atoms with Crippen molar-refractivity contribution in [3.05, 3.63) is 16.6 Å². The van der Waals surface area contributed by atoms with Gasteiger partial charge in [0.1, 0.15) is 0 Å². The molecule has 1 atom stereocenters. The van der Waals surface area contributed by atoms with Gasteiger partial charge in [-0.1, -0.05) is 0 Å². The van der Waals surface area contributed by atoms with Gasteiger partial charge in [0.05, 0.1) is 18.5 Å². The van der Waals surface area contributed by atoms with E-state index in [1.165, 1.54) is 11.3 Å². The minimum absolute atomic E-state index is 0.0152. The maximum absolute atomic E-state index is 11.6. The predicted molar refractivity (Wildman–Crippen MR) is 66.3 cm³/mol. The van der Waals surface area contributed by atoms with Crippen LogP contribution in [-0.2, 0) is 11.3 Å². The van der Waals surface area contributed by atoms with Crippen molar-refractivity contribution in [3.63, 3.8) is 0 Å². The third-order valence-electron chi connectivity index (χ3n) is 2.81. The Balaban J connectivity index is 1.76. The van der Waals surface area contributed by atoms with E-state index in [1.54, 1.807) is 11.7 Å². The van der Waals surface area contributed by atoms with Crippen LogP contribution in [0.2, 0.25) is 0 Å². The lowest BCUT2D eigenvalue weighted by atomic mass is 10.1. The van der Waals surface area contributed by atoms with E-state index in [0.717, 1.165) is 17.7 Å². The number of carboxylic acids is 1. The molecule has 1 aliphatic rings. The van der Waals surface area contributed by atoms with Crippen LogP contribution in [0, 0.1) is 5.92 Å². The van der Waals surface area contributed by atoms with Gasteiger partial charge in [-0.25, -0.2) is 4.79 Å². The highest BCUT2D eigenvalue weighted by molar-refractivity contribution is 7.09. The first-order valence-corrected chi connectivity index (χ1v) is 6.66. The van der Waals surface area contributed by atoms with Crippen LogP contribution >= 0.6 is 11.3 Å². The van der Waals surface area contributed by atoms with Gasteiger partial charge < -0.3 is 15.7 Å². The molecule has 1 aliphatic carbocycles. The summed E-state index contributed by atoms with van der Waals surface area (Å²) < 4.78 is 0. The molecule has 0 radical (unpaired) electrons. The summed E-state index contributed by atoms with van der Waals surface area (Å²) >= 11 is 1.47. The van der Waals surface area contributed by atoms with E-state index in [-0.39, 0.29) is 18.5 Å². The van der Waals surface area contributed by atoms with E-state index in [9.17, 15) is 9.59 Å². The molecular weight excluding hydrogens is 254 g/mol. The number of aromatic nitrogens is 1. The largest absolute Gasteiger partial charge is 0.481 e. The predicted octanol–water partition coefficient (Wildman–Crippen LogP) is 1.20. The molecule has 1 fully saturated rings. The number of nitrogens with one attached hydrogen (secondary N) is 2. The van der Waals surface area contributed by atoms with Gasteiger partial charge in [0.2, 0.25) is 0 Å². The average molecular weight is 269 g/mol. The van der Waals surface area contributed by atoms with Gasteiger partial charge >= 0.3 is 12.0 Å². The third-order valence-corrected chi connectivity index (χ3v) is 3.59. The molecule has 1 aromatic heterocycles. The van der Waals surface area contributed by atoms with E-state index in [2.05, 4.69) is 15.6 Å². The molecule has 1 saturated carbocycles. The first kappa shape index (κ1) is 12.8. The highest BCUT2D eigenvalue weighted by Gasteiger charge is 2.33. The van der Waals surface area contributed by atoms with E-state index in [0.29, 0.717) is 12.5 Å². The second-order valence-corrected chi connectivity index (χ2v) is 5.31. The molecule has 1 heterocycles. The minimum Gasteiger partial charge on any atom is -0.481 e. The van der Waals surface area contributed by atoms with Crippen LogP contribution in [0.4, 0.5) is 4.79 Å². The molecule has 0 spiro atoms. The fraction of sp³-hybridized carbons (Fsp3) is 0.545. The fourth-order valence-corrected chi connectivity index (χ4v) is 2.27. The van der Waals surface area contributed by atoms with Crippen molar-refractivity contribution in [2.24, 2.45) is 5.92 Å². The number of carbonyl (C=O) groups excluding carboxylic acids is 1. The summed E-state index contributed by atoms with van der Waals surface area (Å²) in [5.41, 5.74) is 1.70. The molecule has 98 valence electrons. The molecule has 1 aromatic rings. The van der Waals surface area contributed by atoms with Crippen molar-refractivity contribution in [1.82, 2.24) is 15.6 Å². The van der Waals surface area contributed by atoms with Crippen LogP contribution in [0.5, 0.6) is 0 Å². The Morgan fingerprint density at radius 3 is 2.89 bits per heavy atom. The highest BCUT2D eigenvalue weighted by Crippen LogP contribution is 2.33. The Morgan fingerprint density at radius 1 is 1.56 bits per heavy atom. The van der Waals surface area contributed by atoms with Gasteiger partial charge in [-0.15, -0.1) is 11.3 Å². The molecule has 0 saturated heterocycles. The number of hydrogen-bond acceptors (Lipinski definition) is 4. The summed E-state index contributed by atoms with van der Waals surface area (Å²) in [4.78, 5) is 27.2. The maximum atomic E-state index is 11.6. The Labute approximate surface area is 108 Å². The number of carboxylic acid groups (broad SMARTS) is 1. The third kappa shape index (κ3) is 3.99. The standard InChI is InChI=1S/C11H15N3O3S/c15-10(16)3-9(7-1-2-7)14-11(17)13-5-8-4-12-6-18-8/h4,6-7,9H,1-3,5H2,(H,15,16)(H2,13,14,17). The van der Waals surface area contributed by atoms with Crippen molar-refractivity contribution in [1.29, 1.82) is 0 Å². The van der Waals surface area contributed by atoms with Gasteiger partial charge in [-0.2, -0.15) is 0 Å². The van der Waals surface area contributed by atoms with Gasteiger partial charge in [-0.3, -0.25) is 9.78 Å². The second-order valence-electron chi connectivity index (χ2n) is 4.34. The molecule has 3 N–H and O–H groups in total. The van der Waals surface area contributed by atoms with Crippen molar-refractivity contribution in [2.75, 3.05) is 0 Å². The lowest BCUT2D eigenvalue weighted by Gasteiger charge is -2.16. The number of hydrogen-bond donors (Lipinski definition) is 3. The van der Waals surface area contributed by atoms with Crippen LogP contribution in [0.1, 0.15) is 24.1 Å². The molecule has 2 amide bonds. The molecule has 0 aliphatic heterocycles. The van der Waals surface area contributed by atoms with Gasteiger partial charge in [0.25, 0.3) is 0 Å². The topological polar surface area (TPSA) is 91.3 Å². The van der Waals surface area contributed by atoms with Gasteiger partial charge in [0.15, 0.2) is 0 Å². The van der Waals surface area contributed by atoms with Crippen LogP contribution in [0.3, 0.4) is 0 Å². The summed E-state index contributed by atoms with van der Waals surface area (Å²) in [6, 6.07) is -0.578. The monoisotopic (exact) mass is 269 g/mol. The number of amides is 2. The molecule has 7 heteroatoms. The molecule has 18 heavy (non-hydrogen) atoms. The van der Waals surface area contributed by atoms with Gasteiger partial charge in [-0.05, 0) is 18.8 Å². The summed E-state index contributed by atoms with van der Waals surface area (Å²) in [5, 5.41) is 14.2. The Kier molecular flexibility index (Phi) is 4.14. The van der Waals surface area contributed by atoms with Crippen molar-refractivity contribution in [2.45, 2.75) is 31.8 Å².